The second-order valence-corrected chi connectivity index (χ2v) is 7.67. The summed E-state index contributed by atoms with van der Waals surface area (Å²) < 4.78 is 1.15. The zero-order valence-corrected chi connectivity index (χ0v) is 15.8. The van der Waals surface area contributed by atoms with Crippen molar-refractivity contribution in [2.24, 2.45) is 5.92 Å². The monoisotopic (exact) mass is 372 g/mol. The number of benzene rings is 1. The van der Waals surface area contributed by atoms with Crippen molar-refractivity contribution in [1.82, 2.24) is 5.32 Å². The topological polar surface area (TPSA) is 15.3 Å². The van der Waals surface area contributed by atoms with Crippen molar-refractivity contribution in [3.8, 4) is 0 Å². The molecular weight excluding hydrogens is 348 g/mol. The molecule has 2 unspecified atom stereocenters. The molecule has 1 saturated heterocycles. The maximum Gasteiger partial charge on any atom is 0.0529 e. The summed E-state index contributed by atoms with van der Waals surface area (Å²) in [6.45, 7) is 11.0. The summed E-state index contributed by atoms with van der Waals surface area (Å²) in [5.74, 6) is 0.604. The van der Waals surface area contributed by atoms with Crippen LogP contribution in [0, 0.1) is 12.8 Å². The van der Waals surface area contributed by atoms with Gasteiger partial charge in [0.15, 0.2) is 0 Å². The van der Waals surface area contributed by atoms with Gasteiger partial charge in [-0.05, 0) is 52.9 Å². The molecule has 0 aromatic heterocycles. The summed E-state index contributed by atoms with van der Waals surface area (Å²) in [5.41, 5.74) is 2.35. The minimum atomic E-state index is 0.508. The molecule has 4 heteroatoms. The van der Waals surface area contributed by atoms with E-state index in [1.54, 1.807) is 0 Å². The maximum atomic E-state index is 6.37. The third kappa shape index (κ3) is 3.94. The lowest BCUT2D eigenvalue weighted by atomic mass is 9.96. The second-order valence-electron chi connectivity index (χ2n) is 6.41. The largest absolute Gasteiger partial charge is 0.364 e. The predicted octanol–water partition coefficient (Wildman–Crippen LogP) is 5.01. The van der Waals surface area contributed by atoms with Gasteiger partial charge < -0.3 is 10.2 Å². The smallest absolute Gasteiger partial charge is 0.0529 e. The first kappa shape index (κ1) is 17.1. The van der Waals surface area contributed by atoms with E-state index in [0.29, 0.717) is 18.0 Å². The minimum Gasteiger partial charge on any atom is -0.364 e. The standard InChI is InChI=1S/C17H26BrClN2/c1-5-6-13-10-21(17(9-20-13)11(2)3)16-8-15(19)12(4)7-14(16)18/h7-8,11,13,17,20H,5-6,9-10H2,1-4H3. The SMILES string of the molecule is CCCC1CN(c2cc(Cl)c(C)cc2Br)C(C(C)C)CN1. The summed E-state index contributed by atoms with van der Waals surface area (Å²) in [7, 11) is 0. The summed E-state index contributed by atoms with van der Waals surface area (Å²) in [6.07, 6.45) is 2.44. The molecule has 0 aliphatic carbocycles. The van der Waals surface area contributed by atoms with Gasteiger partial charge in [0.25, 0.3) is 0 Å². The first-order valence-corrected chi connectivity index (χ1v) is 9.06. The first-order chi connectivity index (χ1) is 9.93. The van der Waals surface area contributed by atoms with Gasteiger partial charge in [0.1, 0.15) is 0 Å². The summed E-state index contributed by atoms with van der Waals surface area (Å²) >= 11 is 10.1. The van der Waals surface area contributed by atoms with E-state index in [0.717, 1.165) is 28.1 Å². The number of piperazine rings is 1. The number of halogens is 2. The number of aryl methyl sites for hydroxylation is 1. The highest BCUT2D eigenvalue weighted by Gasteiger charge is 2.30. The van der Waals surface area contributed by atoms with E-state index in [1.165, 1.54) is 18.5 Å². The molecule has 2 rings (SSSR count). The third-order valence-corrected chi connectivity index (χ3v) is 5.42. The minimum absolute atomic E-state index is 0.508. The van der Waals surface area contributed by atoms with Gasteiger partial charge in [-0.1, -0.05) is 38.8 Å². The third-order valence-electron chi connectivity index (χ3n) is 4.38. The molecule has 21 heavy (non-hydrogen) atoms. The molecule has 0 radical (unpaired) electrons. The maximum absolute atomic E-state index is 6.37. The van der Waals surface area contributed by atoms with Crippen LogP contribution in [-0.4, -0.2) is 25.2 Å². The fourth-order valence-electron chi connectivity index (χ4n) is 3.11. The molecule has 0 amide bonds. The highest BCUT2D eigenvalue weighted by molar-refractivity contribution is 9.10. The molecular formula is C17H26BrClN2. The molecule has 0 spiro atoms. The Labute approximate surface area is 142 Å². The van der Waals surface area contributed by atoms with E-state index in [9.17, 15) is 0 Å². The van der Waals surface area contributed by atoms with Crippen LogP contribution < -0.4 is 10.2 Å². The molecule has 1 heterocycles. The van der Waals surface area contributed by atoms with Crippen molar-refractivity contribution in [3.63, 3.8) is 0 Å². The van der Waals surface area contributed by atoms with Gasteiger partial charge in [-0.2, -0.15) is 0 Å². The first-order valence-electron chi connectivity index (χ1n) is 7.89. The van der Waals surface area contributed by atoms with E-state index in [4.69, 9.17) is 11.6 Å². The highest BCUT2D eigenvalue weighted by Crippen LogP contribution is 2.35. The van der Waals surface area contributed by atoms with Crippen LogP contribution in [0.15, 0.2) is 16.6 Å². The van der Waals surface area contributed by atoms with E-state index in [-0.39, 0.29) is 0 Å². The van der Waals surface area contributed by atoms with E-state index in [2.05, 4.69) is 66.0 Å². The molecule has 1 aromatic rings. The molecule has 0 saturated carbocycles. The van der Waals surface area contributed by atoms with Crippen molar-refractivity contribution < 1.29 is 0 Å². The zero-order chi connectivity index (χ0) is 15.6. The average Bonchev–Trinajstić information content (AvgIpc) is 2.43. The average molecular weight is 374 g/mol. The lowest BCUT2D eigenvalue weighted by Crippen LogP contribution is -2.58. The number of hydrogen-bond acceptors (Lipinski definition) is 2. The van der Waals surface area contributed by atoms with Gasteiger partial charge in [0.05, 0.1) is 5.69 Å². The van der Waals surface area contributed by atoms with Crippen molar-refractivity contribution >= 4 is 33.2 Å². The van der Waals surface area contributed by atoms with Crippen LogP contribution in [0.1, 0.15) is 39.2 Å². The van der Waals surface area contributed by atoms with Crippen LogP contribution >= 0.6 is 27.5 Å². The van der Waals surface area contributed by atoms with Gasteiger partial charge in [0.2, 0.25) is 0 Å². The van der Waals surface area contributed by atoms with Crippen molar-refractivity contribution in [2.75, 3.05) is 18.0 Å². The molecule has 1 aromatic carbocycles. The Hall–Kier alpha value is -0.250. The van der Waals surface area contributed by atoms with Gasteiger partial charge in [-0.3, -0.25) is 0 Å². The Bertz CT molecular complexity index is 490. The van der Waals surface area contributed by atoms with Gasteiger partial charge >= 0.3 is 0 Å². The van der Waals surface area contributed by atoms with Crippen LogP contribution in [0.25, 0.3) is 0 Å². The predicted molar refractivity (Wildman–Crippen MR) is 96.6 cm³/mol. The van der Waals surface area contributed by atoms with Gasteiger partial charge in [-0.15, -0.1) is 0 Å². The summed E-state index contributed by atoms with van der Waals surface area (Å²) in [6, 6.07) is 5.32. The van der Waals surface area contributed by atoms with Crippen LogP contribution in [0.3, 0.4) is 0 Å². The lowest BCUT2D eigenvalue weighted by Gasteiger charge is -2.44. The number of rotatable bonds is 4. The Morgan fingerprint density at radius 2 is 2.14 bits per heavy atom. The van der Waals surface area contributed by atoms with E-state index < -0.39 is 0 Å². The Balaban J connectivity index is 2.33. The molecule has 1 aliphatic rings. The Morgan fingerprint density at radius 1 is 1.43 bits per heavy atom. The van der Waals surface area contributed by atoms with E-state index >= 15 is 0 Å². The van der Waals surface area contributed by atoms with E-state index in [1.807, 2.05) is 0 Å². The van der Waals surface area contributed by atoms with Crippen molar-refractivity contribution in [3.05, 3.63) is 27.2 Å². The number of hydrogen-bond donors (Lipinski definition) is 1. The molecule has 0 bridgehead atoms. The van der Waals surface area contributed by atoms with Gasteiger partial charge in [0, 0.05) is 34.7 Å². The molecule has 1 fully saturated rings. The van der Waals surface area contributed by atoms with Crippen molar-refractivity contribution in [2.45, 2.75) is 52.6 Å². The fraction of sp³-hybridized carbons (Fsp3) is 0.647. The van der Waals surface area contributed by atoms with Crippen molar-refractivity contribution in [1.29, 1.82) is 0 Å². The second kappa shape index (κ2) is 7.34. The number of anilines is 1. The van der Waals surface area contributed by atoms with Crippen LogP contribution in [0.2, 0.25) is 5.02 Å². The quantitative estimate of drug-likeness (QED) is 0.797. The molecule has 1 aliphatic heterocycles. The number of nitrogens with zero attached hydrogens (tertiary/aromatic N) is 1. The number of nitrogens with one attached hydrogen (secondary N) is 1. The zero-order valence-electron chi connectivity index (χ0n) is 13.4. The fourth-order valence-corrected chi connectivity index (χ4v) is 3.95. The molecule has 2 atom stereocenters. The van der Waals surface area contributed by atoms with Crippen LogP contribution in [-0.2, 0) is 0 Å². The Kier molecular flexibility index (Phi) is 5.98. The summed E-state index contributed by atoms with van der Waals surface area (Å²) in [5, 5.41) is 4.56. The van der Waals surface area contributed by atoms with Crippen LogP contribution in [0.5, 0.6) is 0 Å². The highest BCUT2D eigenvalue weighted by atomic mass is 79.9. The lowest BCUT2D eigenvalue weighted by molar-refractivity contribution is 0.327. The van der Waals surface area contributed by atoms with Gasteiger partial charge in [-0.25, -0.2) is 0 Å². The summed E-state index contributed by atoms with van der Waals surface area (Å²) in [4.78, 5) is 2.54. The normalized spacial score (nSPS) is 22.9. The van der Waals surface area contributed by atoms with Crippen LogP contribution in [0.4, 0.5) is 5.69 Å². The Morgan fingerprint density at radius 3 is 2.76 bits per heavy atom. The molecule has 1 N–H and O–H groups in total. The molecule has 118 valence electrons. The molecule has 2 nitrogen and oxygen atoms in total.